The van der Waals surface area contributed by atoms with E-state index in [4.69, 9.17) is 0 Å². The summed E-state index contributed by atoms with van der Waals surface area (Å²) in [6.45, 7) is 4.28. The summed E-state index contributed by atoms with van der Waals surface area (Å²) in [5.74, 6) is 0.394. The standard InChI is InChI=1S/C19H18O/c1-13-12-19(11-5-4-8-17(19)20)16-10-9-14-6-2-3-7-15(14)18(13)16/h2-3,5-7,11H,1,4,8-10,12H2/t19-/m1/s1. The van der Waals surface area contributed by atoms with Crippen molar-refractivity contribution >= 4 is 11.4 Å². The molecule has 0 radical (unpaired) electrons. The zero-order valence-electron chi connectivity index (χ0n) is 11.6. The Bertz CT molecular complexity index is 689. The van der Waals surface area contributed by atoms with Crippen molar-refractivity contribution in [1.82, 2.24) is 0 Å². The van der Waals surface area contributed by atoms with Gasteiger partial charge in [-0.2, -0.15) is 0 Å². The van der Waals surface area contributed by atoms with Crippen LogP contribution in [0.15, 0.2) is 54.1 Å². The lowest BCUT2D eigenvalue weighted by Crippen LogP contribution is -2.31. The molecule has 0 fully saturated rings. The first kappa shape index (κ1) is 11.9. The van der Waals surface area contributed by atoms with Gasteiger partial charge in [0.2, 0.25) is 0 Å². The third kappa shape index (κ3) is 1.41. The molecule has 0 bridgehead atoms. The lowest BCUT2D eigenvalue weighted by atomic mass is 9.70. The van der Waals surface area contributed by atoms with Crippen molar-refractivity contribution in [2.45, 2.75) is 32.1 Å². The number of benzene rings is 1. The van der Waals surface area contributed by atoms with Gasteiger partial charge >= 0.3 is 0 Å². The number of aryl methyl sites for hydroxylation is 1. The fourth-order valence-electron chi connectivity index (χ4n) is 4.15. The summed E-state index contributed by atoms with van der Waals surface area (Å²) in [5, 5.41) is 0. The van der Waals surface area contributed by atoms with Gasteiger partial charge in [-0.25, -0.2) is 0 Å². The van der Waals surface area contributed by atoms with Crippen LogP contribution in [-0.2, 0) is 11.2 Å². The molecule has 0 aliphatic heterocycles. The average molecular weight is 262 g/mol. The summed E-state index contributed by atoms with van der Waals surface area (Å²) in [6, 6.07) is 8.58. The van der Waals surface area contributed by atoms with Crippen LogP contribution in [0.2, 0.25) is 0 Å². The Morgan fingerprint density at radius 3 is 2.80 bits per heavy atom. The molecule has 1 nitrogen and oxygen atoms in total. The second-order valence-electron chi connectivity index (χ2n) is 6.13. The molecule has 0 amide bonds. The molecule has 1 heteroatoms. The third-order valence-electron chi connectivity index (χ3n) is 5.06. The molecular formula is C19H18O. The van der Waals surface area contributed by atoms with Gasteiger partial charge in [0.25, 0.3) is 0 Å². The molecule has 1 atom stereocenters. The zero-order valence-corrected chi connectivity index (χ0v) is 11.6. The first-order valence-corrected chi connectivity index (χ1v) is 7.43. The van der Waals surface area contributed by atoms with E-state index in [1.807, 2.05) is 0 Å². The number of allylic oxidation sites excluding steroid dienone is 5. The maximum atomic E-state index is 12.6. The number of rotatable bonds is 0. The maximum absolute atomic E-state index is 12.6. The van der Waals surface area contributed by atoms with E-state index in [0.717, 1.165) is 31.3 Å². The molecule has 1 aromatic rings. The van der Waals surface area contributed by atoms with Gasteiger partial charge in [0.1, 0.15) is 5.78 Å². The van der Waals surface area contributed by atoms with Crippen molar-refractivity contribution in [3.8, 4) is 0 Å². The van der Waals surface area contributed by atoms with E-state index in [9.17, 15) is 4.79 Å². The topological polar surface area (TPSA) is 17.1 Å². The minimum absolute atomic E-state index is 0.349. The summed E-state index contributed by atoms with van der Waals surface area (Å²) < 4.78 is 0. The molecule has 4 rings (SSSR count). The van der Waals surface area contributed by atoms with Gasteiger partial charge in [-0.05, 0) is 53.5 Å². The summed E-state index contributed by atoms with van der Waals surface area (Å²) in [6.07, 6.45) is 8.77. The normalized spacial score (nSPS) is 28.0. The van der Waals surface area contributed by atoms with Gasteiger partial charge < -0.3 is 0 Å². The molecule has 100 valence electrons. The molecule has 20 heavy (non-hydrogen) atoms. The van der Waals surface area contributed by atoms with E-state index in [1.165, 1.54) is 22.3 Å². The highest BCUT2D eigenvalue weighted by atomic mass is 16.1. The Kier molecular flexibility index (Phi) is 2.41. The molecule has 0 aromatic heterocycles. The van der Waals surface area contributed by atoms with E-state index in [2.05, 4.69) is 43.0 Å². The fourth-order valence-corrected chi connectivity index (χ4v) is 4.15. The Morgan fingerprint density at radius 2 is 1.95 bits per heavy atom. The monoisotopic (exact) mass is 262 g/mol. The van der Waals surface area contributed by atoms with Crippen LogP contribution in [0.5, 0.6) is 0 Å². The number of ketones is 1. The first-order valence-electron chi connectivity index (χ1n) is 7.43. The number of carbonyl (C=O) groups excluding carboxylic acids is 1. The van der Waals surface area contributed by atoms with E-state index < -0.39 is 0 Å². The Morgan fingerprint density at radius 1 is 1.10 bits per heavy atom. The fraction of sp³-hybridized carbons (Fsp3) is 0.316. The van der Waals surface area contributed by atoms with Crippen LogP contribution in [0.4, 0.5) is 0 Å². The van der Waals surface area contributed by atoms with E-state index in [0.29, 0.717) is 12.2 Å². The number of fused-ring (bicyclic) bond motifs is 3. The Labute approximate surface area is 119 Å². The highest BCUT2D eigenvalue weighted by Gasteiger charge is 2.47. The number of Topliss-reactive ketones (excluding diaryl/α,β-unsaturated/α-hetero) is 1. The quantitative estimate of drug-likeness (QED) is 0.639. The van der Waals surface area contributed by atoms with Crippen LogP contribution in [0.1, 0.15) is 36.8 Å². The number of carbonyl (C=O) groups is 1. The zero-order chi connectivity index (χ0) is 13.7. The third-order valence-corrected chi connectivity index (χ3v) is 5.06. The SMILES string of the molecule is C=C1C[C@]2(C=CCCC2=O)C2=C1c1ccccc1CC2. The van der Waals surface area contributed by atoms with Crippen molar-refractivity contribution in [3.05, 3.63) is 65.3 Å². The predicted molar refractivity (Wildman–Crippen MR) is 81.3 cm³/mol. The lowest BCUT2D eigenvalue weighted by Gasteiger charge is -2.32. The van der Waals surface area contributed by atoms with Gasteiger partial charge in [-0.1, -0.05) is 43.0 Å². The van der Waals surface area contributed by atoms with Crippen molar-refractivity contribution in [2.24, 2.45) is 5.41 Å². The van der Waals surface area contributed by atoms with Gasteiger partial charge in [0, 0.05) is 6.42 Å². The number of hydrogen-bond donors (Lipinski definition) is 0. The molecule has 0 heterocycles. The summed E-state index contributed by atoms with van der Waals surface area (Å²) in [7, 11) is 0. The van der Waals surface area contributed by atoms with Crippen LogP contribution >= 0.6 is 0 Å². The Hall–Kier alpha value is -1.89. The van der Waals surface area contributed by atoms with Crippen molar-refractivity contribution in [2.75, 3.05) is 0 Å². The predicted octanol–water partition coefficient (Wildman–Crippen LogP) is 4.25. The van der Waals surface area contributed by atoms with Gasteiger partial charge in [-0.3, -0.25) is 4.79 Å². The molecule has 1 aromatic carbocycles. The van der Waals surface area contributed by atoms with Crippen LogP contribution in [0, 0.1) is 5.41 Å². The van der Waals surface area contributed by atoms with E-state index >= 15 is 0 Å². The molecule has 0 unspecified atom stereocenters. The van der Waals surface area contributed by atoms with Crippen LogP contribution in [0.25, 0.3) is 5.57 Å². The molecular weight excluding hydrogens is 244 g/mol. The second-order valence-corrected chi connectivity index (χ2v) is 6.13. The Balaban J connectivity index is 1.96. The van der Waals surface area contributed by atoms with Gasteiger partial charge in [-0.15, -0.1) is 0 Å². The van der Waals surface area contributed by atoms with Crippen molar-refractivity contribution in [3.63, 3.8) is 0 Å². The van der Waals surface area contributed by atoms with Gasteiger partial charge in [0.15, 0.2) is 0 Å². The molecule has 0 saturated heterocycles. The van der Waals surface area contributed by atoms with Crippen molar-refractivity contribution in [1.29, 1.82) is 0 Å². The summed E-state index contributed by atoms with van der Waals surface area (Å²) in [4.78, 5) is 12.6. The maximum Gasteiger partial charge on any atom is 0.147 e. The largest absolute Gasteiger partial charge is 0.298 e. The van der Waals surface area contributed by atoms with Crippen LogP contribution in [-0.4, -0.2) is 5.78 Å². The summed E-state index contributed by atoms with van der Waals surface area (Å²) >= 11 is 0. The van der Waals surface area contributed by atoms with E-state index in [1.54, 1.807) is 0 Å². The minimum atomic E-state index is -0.349. The smallest absolute Gasteiger partial charge is 0.147 e. The molecule has 0 saturated carbocycles. The molecule has 3 aliphatic rings. The van der Waals surface area contributed by atoms with Crippen LogP contribution in [0.3, 0.4) is 0 Å². The molecule has 3 aliphatic carbocycles. The molecule has 0 N–H and O–H groups in total. The second kappa shape index (κ2) is 4.05. The van der Waals surface area contributed by atoms with E-state index in [-0.39, 0.29) is 5.41 Å². The highest BCUT2D eigenvalue weighted by molar-refractivity contribution is 6.00. The average Bonchev–Trinajstić information content (AvgIpc) is 2.76. The lowest BCUT2D eigenvalue weighted by molar-refractivity contribution is -0.125. The number of hydrogen-bond acceptors (Lipinski definition) is 1. The van der Waals surface area contributed by atoms with Crippen molar-refractivity contribution < 1.29 is 4.79 Å². The van der Waals surface area contributed by atoms with Gasteiger partial charge in [0.05, 0.1) is 5.41 Å². The first-order chi connectivity index (χ1) is 9.72. The minimum Gasteiger partial charge on any atom is -0.298 e. The highest BCUT2D eigenvalue weighted by Crippen LogP contribution is 2.56. The van der Waals surface area contributed by atoms with Crippen LogP contribution < -0.4 is 0 Å². The molecule has 1 spiro atoms. The summed E-state index contributed by atoms with van der Waals surface area (Å²) in [5.41, 5.74) is 6.12.